The molecule has 9 heteroatoms. The molecule has 3 N–H and O–H groups in total. The predicted octanol–water partition coefficient (Wildman–Crippen LogP) is 4.34. The number of phenols is 1. The number of benzene rings is 3. The molecule has 0 aromatic heterocycles. The average Bonchev–Trinajstić information content (AvgIpc) is 3.11. The molecule has 0 saturated carbocycles. The summed E-state index contributed by atoms with van der Waals surface area (Å²) in [5.41, 5.74) is 3.80. The van der Waals surface area contributed by atoms with Crippen LogP contribution in [-0.4, -0.2) is 26.9 Å². The van der Waals surface area contributed by atoms with Gasteiger partial charge in [0.2, 0.25) is 0 Å². The minimum atomic E-state index is -0.795. The van der Waals surface area contributed by atoms with E-state index >= 15 is 0 Å². The van der Waals surface area contributed by atoms with E-state index in [4.69, 9.17) is 5.84 Å². The second-order valence-electron chi connectivity index (χ2n) is 8.02. The van der Waals surface area contributed by atoms with Gasteiger partial charge in [0.15, 0.2) is 5.75 Å². The quantitative estimate of drug-likeness (QED) is 0.197. The van der Waals surface area contributed by atoms with E-state index in [9.17, 15) is 24.8 Å². The van der Waals surface area contributed by atoms with E-state index < -0.39 is 22.3 Å². The summed E-state index contributed by atoms with van der Waals surface area (Å²) < 4.78 is 0. The number of anilines is 2. The summed E-state index contributed by atoms with van der Waals surface area (Å²) in [6.07, 6.45) is 0. The van der Waals surface area contributed by atoms with E-state index in [2.05, 4.69) is 0 Å². The molecule has 3 aromatic rings. The highest BCUT2D eigenvalue weighted by Crippen LogP contribution is 2.43. The topological polar surface area (TPSA) is 130 Å². The standard InChI is InChI=1S/C25H22N4O5/c1-14-8-10-18(12-15(14)2)27-20-7-5-4-6-19(20)23(25(27)32)16(3)28(26)24(31)17-9-11-22(30)21(13-17)29(33)34/h4-13,30H,26H2,1-3H3/b23-16+. The fraction of sp³-hybridized carbons (Fsp3) is 0.120. The van der Waals surface area contributed by atoms with Crippen molar-refractivity contribution in [3.05, 3.63) is 98.7 Å². The van der Waals surface area contributed by atoms with Crippen LogP contribution >= 0.6 is 0 Å². The number of fused-ring (bicyclic) bond motifs is 1. The molecule has 0 spiro atoms. The molecule has 0 fully saturated rings. The molecule has 172 valence electrons. The predicted molar refractivity (Wildman–Crippen MR) is 127 cm³/mol. The Hall–Kier alpha value is -4.50. The number of rotatable bonds is 4. The molecule has 0 saturated heterocycles. The SMILES string of the molecule is C/C(=C1\C(=O)N(c2ccc(C)c(C)c2)c2ccccc21)N(N)C(=O)c1ccc(O)c([N+](=O)[O-])c1. The Morgan fingerprint density at radius 2 is 1.76 bits per heavy atom. The highest BCUT2D eigenvalue weighted by Gasteiger charge is 2.36. The number of amides is 2. The number of phenolic OH excluding ortho intramolecular Hbond substituents is 1. The third-order valence-electron chi connectivity index (χ3n) is 5.94. The molecule has 4 rings (SSSR count). The Kier molecular flexibility index (Phi) is 5.64. The number of nitro benzene ring substituents is 1. The maximum Gasteiger partial charge on any atom is 0.311 e. The number of carbonyl (C=O) groups is 2. The highest BCUT2D eigenvalue weighted by molar-refractivity contribution is 6.35. The number of hydrogen-bond acceptors (Lipinski definition) is 6. The lowest BCUT2D eigenvalue weighted by molar-refractivity contribution is -0.385. The van der Waals surface area contributed by atoms with Crippen molar-refractivity contribution in [2.75, 3.05) is 4.90 Å². The van der Waals surface area contributed by atoms with Crippen LogP contribution in [0.3, 0.4) is 0 Å². The van der Waals surface area contributed by atoms with Gasteiger partial charge in [-0.15, -0.1) is 0 Å². The summed E-state index contributed by atoms with van der Waals surface area (Å²) in [6, 6.07) is 16.1. The summed E-state index contributed by atoms with van der Waals surface area (Å²) in [6.45, 7) is 5.49. The zero-order chi connectivity index (χ0) is 24.7. The fourth-order valence-electron chi connectivity index (χ4n) is 3.90. The van der Waals surface area contributed by atoms with Crippen LogP contribution in [0.5, 0.6) is 5.75 Å². The Morgan fingerprint density at radius 1 is 1.06 bits per heavy atom. The van der Waals surface area contributed by atoms with Crippen molar-refractivity contribution in [1.82, 2.24) is 5.01 Å². The van der Waals surface area contributed by atoms with Crippen LogP contribution in [0, 0.1) is 24.0 Å². The van der Waals surface area contributed by atoms with Crippen LogP contribution in [0.2, 0.25) is 0 Å². The molecule has 0 radical (unpaired) electrons. The largest absolute Gasteiger partial charge is 0.502 e. The fourth-order valence-corrected chi connectivity index (χ4v) is 3.90. The van der Waals surface area contributed by atoms with Crippen molar-refractivity contribution in [3.8, 4) is 5.75 Å². The molecule has 2 amide bonds. The van der Waals surface area contributed by atoms with E-state index in [1.807, 2.05) is 44.2 Å². The number of nitrogens with two attached hydrogens (primary N) is 1. The maximum atomic E-state index is 13.6. The Labute approximate surface area is 195 Å². The van der Waals surface area contributed by atoms with E-state index in [0.29, 0.717) is 16.9 Å². The first-order valence-electron chi connectivity index (χ1n) is 10.4. The van der Waals surface area contributed by atoms with Crippen molar-refractivity contribution in [3.63, 3.8) is 0 Å². The van der Waals surface area contributed by atoms with E-state index in [1.165, 1.54) is 6.07 Å². The van der Waals surface area contributed by atoms with Gasteiger partial charge in [-0.2, -0.15) is 0 Å². The first-order valence-corrected chi connectivity index (χ1v) is 10.4. The van der Waals surface area contributed by atoms with Crippen LogP contribution in [0.15, 0.2) is 66.4 Å². The number of hydrogen-bond donors (Lipinski definition) is 2. The third kappa shape index (κ3) is 3.67. The van der Waals surface area contributed by atoms with Gasteiger partial charge in [0.05, 0.1) is 16.2 Å². The van der Waals surface area contributed by atoms with Gasteiger partial charge in [-0.1, -0.05) is 24.3 Å². The van der Waals surface area contributed by atoms with Crippen molar-refractivity contribution in [2.45, 2.75) is 20.8 Å². The van der Waals surface area contributed by atoms with E-state index in [1.54, 1.807) is 24.0 Å². The Morgan fingerprint density at radius 3 is 2.44 bits per heavy atom. The normalized spacial score (nSPS) is 14.1. The van der Waals surface area contributed by atoms with Crippen molar-refractivity contribution in [1.29, 1.82) is 0 Å². The smallest absolute Gasteiger partial charge is 0.311 e. The number of carbonyl (C=O) groups excluding carboxylic acids is 2. The minimum Gasteiger partial charge on any atom is -0.502 e. The summed E-state index contributed by atoms with van der Waals surface area (Å²) in [5, 5.41) is 21.6. The first-order chi connectivity index (χ1) is 16.1. The minimum absolute atomic E-state index is 0.100. The zero-order valence-corrected chi connectivity index (χ0v) is 18.8. The van der Waals surface area contributed by atoms with Gasteiger partial charge in [0, 0.05) is 28.6 Å². The van der Waals surface area contributed by atoms with Gasteiger partial charge >= 0.3 is 5.69 Å². The molecule has 0 aliphatic carbocycles. The lowest BCUT2D eigenvalue weighted by atomic mass is 10.0. The van der Waals surface area contributed by atoms with Crippen LogP contribution in [0.4, 0.5) is 17.1 Å². The van der Waals surface area contributed by atoms with Gasteiger partial charge < -0.3 is 5.11 Å². The van der Waals surface area contributed by atoms with Crippen LogP contribution in [0.1, 0.15) is 34.0 Å². The summed E-state index contributed by atoms with van der Waals surface area (Å²) in [5.74, 6) is 4.43. The molecule has 1 aliphatic heterocycles. The van der Waals surface area contributed by atoms with E-state index in [-0.39, 0.29) is 22.7 Å². The zero-order valence-electron chi connectivity index (χ0n) is 18.8. The highest BCUT2D eigenvalue weighted by atomic mass is 16.6. The number of nitro groups is 1. The number of allylic oxidation sites excluding steroid dienone is 1. The molecule has 9 nitrogen and oxygen atoms in total. The van der Waals surface area contributed by atoms with Gasteiger partial charge in [-0.05, 0) is 62.2 Å². The molecule has 34 heavy (non-hydrogen) atoms. The Balaban J connectivity index is 1.79. The number of para-hydroxylation sites is 1. The number of nitrogens with zero attached hydrogens (tertiary/aromatic N) is 3. The van der Waals surface area contributed by atoms with Gasteiger partial charge in [0.1, 0.15) is 0 Å². The van der Waals surface area contributed by atoms with Gasteiger partial charge in [-0.25, -0.2) is 10.9 Å². The number of hydrazine groups is 1. The van der Waals surface area contributed by atoms with Crippen molar-refractivity contribution in [2.24, 2.45) is 5.84 Å². The molecule has 0 atom stereocenters. The van der Waals surface area contributed by atoms with Crippen LogP contribution in [0.25, 0.3) is 5.57 Å². The molecule has 3 aromatic carbocycles. The second-order valence-corrected chi connectivity index (χ2v) is 8.02. The Bertz CT molecular complexity index is 1400. The number of aromatic hydroxyl groups is 1. The molecular weight excluding hydrogens is 436 g/mol. The van der Waals surface area contributed by atoms with Crippen LogP contribution in [-0.2, 0) is 4.79 Å². The summed E-state index contributed by atoms with van der Waals surface area (Å²) in [4.78, 5) is 38.5. The van der Waals surface area contributed by atoms with E-state index in [0.717, 1.165) is 28.3 Å². The van der Waals surface area contributed by atoms with Crippen molar-refractivity contribution >= 4 is 34.4 Å². The molecular formula is C25H22N4O5. The summed E-state index contributed by atoms with van der Waals surface area (Å²) in [7, 11) is 0. The monoisotopic (exact) mass is 458 g/mol. The van der Waals surface area contributed by atoms with Gasteiger partial charge in [0.25, 0.3) is 11.8 Å². The van der Waals surface area contributed by atoms with Crippen molar-refractivity contribution < 1.29 is 19.6 Å². The molecule has 1 heterocycles. The van der Waals surface area contributed by atoms with Gasteiger partial charge in [-0.3, -0.25) is 24.6 Å². The first kappa shape index (κ1) is 22.7. The molecule has 0 bridgehead atoms. The number of aryl methyl sites for hydroxylation is 2. The average molecular weight is 458 g/mol. The molecule has 1 aliphatic rings. The molecule has 0 unspecified atom stereocenters. The third-order valence-corrected chi connectivity index (χ3v) is 5.94. The maximum absolute atomic E-state index is 13.6. The lowest BCUT2D eigenvalue weighted by Gasteiger charge is -2.20. The second kappa shape index (κ2) is 8.45. The lowest BCUT2D eigenvalue weighted by Crippen LogP contribution is -2.37. The summed E-state index contributed by atoms with van der Waals surface area (Å²) >= 11 is 0. The van der Waals surface area contributed by atoms with Crippen LogP contribution < -0.4 is 10.7 Å².